The van der Waals surface area contributed by atoms with Crippen LogP contribution in [0.1, 0.15) is 28.3 Å². The third kappa shape index (κ3) is 3.73. The van der Waals surface area contributed by atoms with Crippen LogP contribution in [0, 0.1) is 0 Å². The molecule has 0 saturated heterocycles. The summed E-state index contributed by atoms with van der Waals surface area (Å²) in [5, 5.41) is 2.28. The molecule has 6 heteroatoms. The van der Waals surface area contributed by atoms with E-state index in [-0.39, 0.29) is 0 Å². The van der Waals surface area contributed by atoms with Crippen molar-refractivity contribution in [1.29, 1.82) is 0 Å². The Morgan fingerprint density at radius 2 is 1.74 bits per heavy atom. The molecule has 0 unspecified atom stereocenters. The molecule has 0 aliphatic carbocycles. The molecule has 154 valence electrons. The SMILES string of the molecule is O=S(=O)(/C=C/c1cccc(Br)c1)N1C=Cc2ccccc2[C@@H]1c1c[nH]c2ccccc12. The van der Waals surface area contributed by atoms with Crippen LogP contribution in [0.15, 0.2) is 95.1 Å². The molecule has 5 rings (SSSR count). The molecule has 0 amide bonds. The van der Waals surface area contributed by atoms with Crippen LogP contribution in [-0.2, 0) is 10.0 Å². The number of sulfonamides is 1. The van der Waals surface area contributed by atoms with Gasteiger partial charge in [0.15, 0.2) is 0 Å². The summed E-state index contributed by atoms with van der Waals surface area (Å²) in [5.41, 5.74) is 4.68. The number of para-hydroxylation sites is 1. The maximum absolute atomic E-state index is 13.5. The first-order valence-corrected chi connectivity index (χ1v) is 12.1. The van der Waals surface area contributed by atoms with E-state index in [1.807, 2.05) is 85.1 Å². The van der Waals surface area contributed by atoms with Crippen molar-refractivity contribution in [3.05, 3.63) is 117 Å². The molecular formula is C25H19BrN2O2S. The fourth-order valence-electron chi connectivity index (χ4n) is 3.99. The molecule has 0 bridgehead atoms. The lowest BCUT2D eigenvalue weighted by atomic mass is 9.92. The van der Waals surface area contributed by atoms with Crippen molar-refractivity contribution < 1.29 is 8.42 Å². The van der Waals surface area contributed by atoms with Crippen LogP contribution in [0.25, 0.3) is 23.1 Å². The zero-order chi connectivity index (χ0) is 21.4. The van der Waals surface area contributed by atoms with E-state index in [2.05, 4.69) is 20.9 Å². The summed E-state index contributed by atoms with van der Waals surface area (Å²) < 4.78 is 29.3. The summed E-state index contributed by atoms with van der Waals surface area (Å²) in [6.07, 6.45) is 7.05. The molecule has 4 aromatic rings. The average molecular weight is 491 g/mol. The fourth-order valence-corrected chi connectivity index (χ4v) is 5.63. The second kappa shape index (κ2) is 7.87. The number of hydrogen-bond acceptors (Lipinski definition) is 2. The number of hydrogen-bond donors (Lipinski definition) is 1. The second-order valence-corrected chi connectivity index (χ2v) is 10.0. The van der Waals surface area contributed by atoms with Crippen molar-refractivity contribution in [1.82, 2.24) is 9.29 Å². The number of rotatable bonds is 4. The maximum Gasteiger partial charge on any atom is 0.257 e. The minimum absolute atomic E-state index is 0.463. The van der Waals surface area contributed by atoms with E-state index in [4.69, 9.17) is 0 Å². The van der Waals surface area contributed by atoms with Crippen molar-refractivity contribution in [2.24, 2.45) is 0 Å². The van der Waals surface area contributed by atoms with Gasteiger partial charge in [-0.05, 0) is 47.0 Å². The molecule has 1 aromatic heterocycles. The Hall–Kier alpha value is -3.09. The lowest BCUT2D eigenvalue weighted by Crippen LogP contribution is -2.31. The molecule has 3 aromatic carbocycles. The molecule has 1 aliphatic heterocycles. The molecule has 2 heterocycles. The number of benzene rings is 3. The molecule has 0 saturated carbocycles. The van der Waals surface area contributed by atoms with Gasteiger partial charge in [0.05, 0.1) is 11.4 Å². The molecule has 0 spiro atoms. The van der Waals surface area contributed by atoms with Gasteiger partial charge >= 0.3 is 0 Å². The number of aromatic nitrogens is 1. The van der Waals surface area contributed by atoms with Crippen LogP contribution in [0.3, 0.4) is 0 Å². The van der Waals surface area contributed by atoms with Crippen LogP contribution in [0.4, 0.5) is 0 Å². The monoisotopic (exact) mass is 490 g/mol. The number of H-pyrrole nitrogens is 1. The Balaban J connectivity index is 1.63. The normalized spacial score (nSPS) is 16.2. The highest BCUT2D eigenvalue weighted by atomic mass is 79.9. The quantitative estimate of drug-likeness (QED) is 0.364. The Kier molecular flexibility index (Phi) is 5.04. The van der Waals surface area contributed by atoms with Crippen molar-refractivity contribution in [2.75, 3.05) is 0 Å². The maximum atomic E-state index is 13.5. The van der Waals surface area contributed by atoms with Gasteiger partial charge in [0, 0.05) is 33.3 Å². The molecule has 31 heavy (non-hydrogen) atoms. The molecule has 1 aliphatic rings. The minimum Gasteiger partial charge on any atom is -0.361 e. The molecule has 4 nitrogen and oxygen atoms in total. The van der Waals surface area contributed by atoms with Gasteiger partial charge in [-0.3, -0.25) is 4.31 Å². The standard InChI is InChI=1S/C25H19BrN2O2S/c26-20-8-5-6-18(16-20)13-15-31(29,30)28-14-12-19-7-1-2-9-21(19)25(28)23-17-27-24-11-4-3-10-22(23)24/h1-17,25,27H/b15-13+/t25-/m1/s1. The first-order valence-electron chi connectivity index (χ1n) is 9.83. The molecule has 1 atom stereocenters. The first kappa shape index (κ1) is 19.8. The predicted molar refractivity (Wildman–Crippen MR) is 130 cm³/mol. The number of nitrogens with zero attached hydrogens (tertiary/aromatic N) is 1. The van der Waals surface area contributed by atoms with Crippen LogP contribution < -0.4 is 0 Å². The lowest BCUT2D eigenvalue weighted by Gasteiger charge is -2.33. The summed E-state index contributed by atoms with van der Waals surface area (Å²) in [7, 11) is -3.74. The third-order valence-corrected chi connectivity index (χ3v) is 7.33. The van der Waals surface area contributed by atoms with Crippen molar-refractivity contribution >= 4 is 49.0 Å². The van der Waals surface area contributed by atoms with Gasteiger partial charge < -0.3 is 4.98 Å². The van der Waals surface area contributed by atoms with Gasteiger partial charge in [-0.25, -0.2) is 8.42 Å². The third-order valence-electron chi connectivity index (χ3n) is 5.44. The van der Waals surface area contributed by atoms with E-state index >= 15 is 0 Å². The van der Waals surface area contributed by atoms with Gasteiger partial charge in [-0.15, -0.1) is 0 Å². The van der Waals surface area contributed by atoms with Crippen LogP contribution in [0.5, 0.6) is 0 Å². The van der Waals surface area contributed by atoms with Crippen LogP contribution in [-0.4, -0.2) is 17.7 Å². The van der Waals surface area contributed by atoms with Crippen molar-refractivity contribution in [3.8, 4) is 0 Å². The Morgan fingerprint density at radius 3 is 2.61 bits per heavy atom. The molecule has 0 radical (unpaired) electrons. The highest BCUT2D eigenvalue weighted by Crippen LogP contribution is 2.40. The van der Waals surface area contributed by atoms with Crippen LogP contribution >= 0.6 is 15.9 Å². The summed E-state index contributed by atoms with van der Waals surface area (Å²) in [6, 6.07) is 22.9. The van der Waals surface area contributed by atoms with Crippen molar-refractivity contribution in [3.63, 3.8) is 0 Å². The zero-order valence-corrected chi connectivity index (χ0v) is 18.8. The minimum atomic E-state index is -3.74. The Bertz CT molecular complexity index is 1440. The van der Waals surface area contributed by atoms with E-state index in [9.17, 15) is 8.42 Å². The topological polar surface area (TPSA) is 53.2 Å². The first-order chi connectivity index (χ1) is 15.0. The van der Waals surface area contributed by atoms with Crippen molar-refractivity contribution in [2.45, 2.75) is 6.04 Å². The van der Waals surface area contributed by atoms with Gasteiger partial charge in [0.25, 0.3) is 10.0 Å². The van der Waals surface area contributed by atoms with Gasteiger partial charge in [-0.1, -0.05) is 70.5 Å². The Labute approximate surface area is 189 Å². The highest BCUT2D eigenvalue weighted by Gasteiger charge is 2.33. The largest absolute Gasteiger partial charge is 0.361 e. The number of halogens is 1. The Morgan fingerprint density at radius 1 is 0.935 bits per heavy atom. The predicted octanol–water partition coefficient (Wildman–Crippen LogP) is 6.31. The van der Waals surface area contributed by atoms with E-state index in [0.717, 1.165) is 37.6 Å². The lowest BCUT2D eigenvalue weighted by molar-refractivity contribution is 0.456. The molecule has 0 fully saturated rings. The van der Waals surface area contributed by atoms with E-state index in [1.54, 1.807) is 12.3 Å². The van der Waals surface area contributed by atoms with Gasteiger partial charge in [-0.2, -0.15) is 0 Å². The van der Waals surface area contributed by atoms with E-state index < -0.39 is 16.1 Å². The summed E-state index contributed by atoms with van der Waals surface area (Å²) >= 11 is 3.43. The van der Waals surface area contributed by atoms with E-state index in [0.29, 0.717) is 0 Å². The van der Waals surface area contributed by atoms with Crippen LogP contribution in [0.2, 0.25) is 0 Å². The number of fused-ring (bicyclic) bond motifs is 2. The van der Waals surface area contributed by atoms with Gasteiger partial charge in [0.1, 0.15) is 0 Å². The molecule has 1 N–H and O–H groups in total. The van der Waals surface area contributed by atoms with Gasteiger partial charge in [0.2, 0.25) is 0 Å². The number of nitrogens with one attached hydrogen (secondary N) is 1. The zero-order valence-electron chi connectivity index (χ0n) is 16.4. The average Bonchev–Trinajstić information content (AvgIpc) is 3.21. The summed E-state index contributed by atoms with van der Waals surface area (Å²) in [6.45, 7) is 0. The summed E-state index contributed by atoms with van der Waals surface area (Å²) in [4.78, 5) is 3.28. The molecular weight excluding hydrogens is 472 g/mol. The highest BCUT2D eigenvalue weighted by molar-refractivity contribution is 9.10. The van der Waals surface area contributed by atoms with E-state index in [1.165, 1.54) is 9.71 Å². The smallest absolute Gasteiger partial charge is 0.257 e. The summed E-state index contributed by atoms with van der Waals surface area (Å²) in [5.74, 6) is 0. The number of aromatic amines is 1. The fraction of sp³-hybridized carbons (Fsp3) is 0.0400. The second-order valence-electron chi connectivity index (χ2n) is 7.37.